The second-order valence-electron chi connectivity index (χ2n) is 5.73. The second-order valence-corrected chi connectivity index (χ2v) is 8.50. The molecule has 0 heterocycles. The number of rotatable bonds is 8. The molecule has 2 aromatic rings. The zero-order valence-electron chi connectivity index (χ0n) is 14.6. The summed E-state index contributed by atoms with van der Waals surface area (Å²) in [7, 11) is -2.35. The number of halogens is 1. The van der Waals surface area contributed by atoms with Crippen LogP contribution in [0.5, 0.6) is 0 Å². The molecule has 2 rings (SSSR count). The summed E-state index contributed by atoms with van der Waals surface area (Å²) in [6.45, 7) is 1.80. The fourth-order valence-corrected chi connectivity index (χ4v) is 4.09. The van der Waals surface area contributed by atoms with E-state index in [9.17, 15) is 13.2 Å². The van der Waals surface area contributed by atoms with E-state index in [2.05, 4.69) is 21.2 Å². The van der Waals surface area contributed by atoms with Crippen molar-refractivity contribution in [1.29, 1.82) is 0 Å². The highest BCUT2D eigenvalue weighted by molar-refractivity contribution is 9.10. The molecule has 0 fully saturated rings. The first kappa shape index (κ1) is 20.4. The van der Waals surface area contributed by atoms with Gasteiger partial charge in [-0.1, -0.05) is 34.1 Å². The van der Waals surface area contributed by atoms with Gasteiger partial charge in [0.15, 0.2) is 0 Å². The van der Waals surface area contributed by atoms with Crippen LogP contribution in [-0.2, 0) is 19.6 Å². The third-order valence-corrected chi connectivity index (χ3v) is 5.87. The third kappa shape index (κ3) is 5.30. The van der Waals surface area contributed by atoms with Gasteiger partial charge in [-0.2, -0.15) is 0 Å². The van der Waals surface area contributed by atoms with Gasteiger partial charge < -0.3 is 10.1 Å². The summed E-state index contributed by atoms with van der Waals surface area (Å²) in [6.07, 6.45) is 0. The van der Waals surface area contributed by atoms with Crippen LogP contribution >= 0.6 is 15.9 Å². The SMILES string of the molecule is COC[C@@H](C)NC(=O)CN(c1ccc(Br)cc1)S(=O)(=O)c1ccccc1. The Morgan fingerprint density at radius 1 is 1.15 bits per heavy atom. The molecule has 0 unspecified atom stereocenters. The van der Waals surface area contributed by atoms with Gasteiger partial charge in [0.2, 0.25) is 5.91 Å². The number of methoxy groups -OCH3 is 1. The highest BCUT2D eigenvalue weighted by Gasteiger charge is 2.27. The predicted molar refractivity (Wildman–Crippen MR) is 105 cm³/mol. The molecule has 0 aliphatic carbocycles. The van der Waals surface area contributed by atoms with E-state index in [1.807, 2.05) is 0 Å². The number of hydrogen-bond acceptors (Lipinski definition) is 4. The third-order valence-electron chi connectivity index (χ3n) is 3.56. The van der Waals surface area contributed by atoms with Crippen LogP contribution < -0.4 is 9.62 Å². The van der Waals surface area contributed by atoms with Crippen molar-refractivity contribution in [3.8, 4) is 0 Å². The molecule has 0 saturated heterocycles. The number of nitrogens with zero attached hydrogens (tertiary/aromatic N) is 1. The van der Waals surface area contributed by atoms with Gasteiger partial charge in [0.1, 0.15) is 6.54 Å². The minimum Gasteiger partial charge on any atom is -0.383 e. The summed E-state index contributed by atoms with van der Waals surface area (Å²) in [6, 6.07) is 14.6. The van der Waals surface area contributed by atoms with Crippen LogP contribution in [0.3, 0.4) is 0 Å². The van der Waals surface area contributed by atoms with E-state index >= 15 is 0 Å². The smallest absolute Gasteiger partial charge is 0.264 e. The molecule has 0 saturated carbocycles. The number of nitrogens with one attached hydrogen (secondary N) is 1. The van der Waals surface area contributed by atoms with Crippen molar-refractivity contribution >= 4 is 37.5 Å². The highest BCUT2D eigenvalue weighted by Crippen LogP contribution is 2.25. The molecular weight excluding hydrogens is 420 g/mol. The van der Waals surface area contributed by atoms with Gasteiger partial charge >= 0.3 is 0 Å². The van der Waals surface area contributed by atoms with Crippen LogP contribution in [0.4, 0.5) is 5.69 Å². The minimum atomic E-state index is -3.88. The van der Waals surface area contributed by atoms with Crippen LogP contribution in [0.25, 0.3) is 0 Å². The van der Waals surface area contributed by atoms with E-state index in [4.69, 9.17) is 4.74 Å². The van der Waals surface area contributed by atoms with Crippen molar-refractivity contribution in [1.82, 2.24) is 5.32 Å². The molecule has 0 radical (unpaired) electrons. The molecule has 8 heteroatoms. The van der Waals surface area contributed by atoms with Crippen molar-refractivity contribution < 1.29 is 17.9 Å². The number of hydrogen-bond donors (Lipinski definition) is 1. The molecule has 2 aromatic carbocycles. The van der Waals surface area contributed by atoms with E-state index in [-0.39, 0.29) is 17.5 Å². The van der Waals surface area contributed by atoms with Crippen LogP contribution in [0.15, 0.2) is 64.0 Å². The molecule has 1 N–H and O–H groups in total. The largest absolute Gasteiger partial charge is 0.383 e. The first-order chi connectivity index (χ1) is 12.3. The van der Waals surface area contributed by atoms with Gasteiger partial charge in [-0.15, -0.1) is 0 Å². The van der Waals surface area contributed by atoms with Crippen molar-refractivity contribution in [3.05, 3.63) is 59.1 Å². The topological polar surface area (TPSA) is 75.7 Å². The zero-order chi connectivity index (χ0) is 19.2. The maximum Gasteiger partial charge on any atom is 0.264 e. The number of amides is 1. The Morgan fingerprint density at radius 3 is 2.35 bits per heavy atom. The molecule has 0 aliphatic rings. The molecule has 0 bridgehead atoms. The Kier molecular flexibility index (Phi) is 7.19. The van der Waals surface area contributed by atoms with E-state index in [1.54, 1.807) is 49.4 Å². The molecule has 1 atom stereocenters. The monoisotopic (exact) mass is 440 g/mol. The number of carbonyl (C=O) groups is 1. The summed E-state index contributed by atoms with van der Waals surface area (Å²) in [5, 5.41) is 2.74. The van der Waals surface area contributed by atoms with Crippen molar-refractivity contribution in [2.24, 2.45) is 0 Å². The van der Waals surface area contributed by atoms with Crippen LogP contribution in [0, 0.1) is 0 Å². The lowest BCUT2D eigenvalue weighted by molar-refractivity contribution is -0.120. The van der Waals surface area contributed by atoms with E-state index in [1.165, 1.54) is 19.2 Å². The number of anilines is 1. The molecule has 1 amide bonds. The lowest BCUT2D eigenvalue weighted by atomic mass is 10.3. The van der Waals surface area contributed by atoms with Crippen molar-refractivity contribution in [2.45, 2.75) is 17.9 Å². The van der Waals surface area contributed by atoms with Crippen molar-refractivity contribution in [3.63, 3.8) is 0 Å². The average molecular weight is 441 g/mol. The quantitative estimate of drug-likeness (QED) is 0.684. The van der Waals surface area contributed by atoms with Crippen LogP contribution in [-0.4, -0.2) is 40.6 Å². The van der Waals surface area contributed by atoms with Crippen molar-refractivity contribution in [2.75, 3.05) is 24.6 Å². The summed E-state index contributed by atoms with van der Waals surface area (Å²) < 4.78 is 33.1. The zero-order valence-corrected chi connectivity index (χ0v) is 17.0. The standard InChI is InChI=1S/C18H21BrN2O4S/c1-14(13-25-2)20-18(22)12-21(16-10-8-15(19)9-11-16)26(23,24)17-6-4-3-5-7-17/h3-11,14H,12-13H2,1-2H3,(H,20,22)/t14-/m1/s1. The maximum atomic E-state index is 13.1. The highest BCUT2D eigenvalue weighted by atomic mass is 79.9. The lowest BCUT2D eigenvalue weighted by Crippen LogP contribution is -2.44. The lowest BCUT2D eigenvalue weighted by Gasteiger charge is -2.25. The number of ether oxygens (including phenoxy) is 1. The Labute approximate surface area is 162 Å². The van der Waals surface area contributed by atoms with Gasteiger partial charge in [0.05, 0.1) is 17.2 Å². The number of benzene rings is 2. The Bertz CT molecular complexity index is 826. The number of sulfonamides is 1. The van der Waals surface area contributed by atoms with E-state index in [0.717, 1.165) is 8.78 Å². The Morgan fingerprint density at radius 2 is 1.77 bits per heavy atom. The molecule has 26 heavy (non-hydrogen) atoms. The fourth-order valence-electron chi connectivity index (χ4n) is 2.38. The summed E-state index contributed by atoms with van der Waals surface area (Å²) in [5.74, 6) is -0.406. The second kappa shape index (κ2) is 9.16. The Balaban J connectivity index is 2.34. The molecule has 6 nitrogen and oxygen atoms in total. The summed E-state index contributed by atoms with van der Waals surface area (Å²) in [5.41, 5.74) is 0.409. The van der Waals surface area contributed by atoms with E-state index in [0.29, 0.717) is 12.3 Å². The van der Waals surface area contributed by atoms with Gasteiger partial charge in [0.25, 0.3) is 10.0 Å². The van der Waals surface area contributed by atoms with Crippen LogP contribution in [0.1, 0.15) is 6.92 Å². The van der Waals surface area contributed by atoms with Gasteiger partial charge in [-0.3, -0.25) is 9.10 Å². The van der Waals surface area contributed by atoms with Gasteiger partial charge in [-0.05, 0) is 43.3 Å². The van der Waals surface area contributed by atoms with Gasteiger partial charge in [0, 0.05) is 17.6 Å². The summed E-state index contributed by atoms with van der Waals surface area (Å²) in [4.78, 5) is 12.5. The molecule has 0 aromatic heterocycles. The first-order valence-corrected chi connectivity index (χ1v) is 10.2. The number of carbonyl (C=O) groups excluding carboxylic acids is 1. The normalized spacial score (nSPS) is 12.4. The van der Waals surface area contributed by atoms with Gasteiger partial charge in [-0.25, -0.2) is 8.42 Å². The first-order valence-electron chi connectivity index (χ1n) is 7.96. The Hall–Kier alpha value is -1.90. The van der Waals surface area contributed by atoms with E-state index < -0.39 is 15.9 Å². The molecule has 0 spiro atoms. The molecule has 140 valence electrons. The fraction of sp³-hybridized carbons (Fsp3) is 0.278. The minimum absolute atomic E-state index is 0.126. The predicted octanol–water partition coefficient (Wildman–Crippen LogP) is 2.80. The summed E-state index contributed by atoms with van der Waals surface area (Å²) >= 11 is 3.33. The average Bonchev–Trinajstić information content (AvgIpc) is 2.61. The van der Waals surface area contributed by atoms with Crippen LogP contribution in [0.2, 0.25) is 0 Å². The molecular formula is C18H21BrN2O4S. The maximum absolute atomic E-state index is 13.1. The molecule has 0 aliphatic heterocycles.